The summed E-state index contributed by atoms with van der Waals surface area (Å²) in [4.78, 5) is 0. The molecule has 1 unspecified atom stereocenters. The van der Waals surface area contributed by atoms with E-state index in [1.165, 1.54) is 22.3 Å². The first-order valence-electron chi connectivity index (χ1n) is 5.89. The number of hydrogen-bond donors (Lipinski definition) is 0. The van der Waals surface area contributed by atoms with Gasteiger partial charge in [-0.3, -0.25) is 0 Å². The van der Waals surface area contributed by atoms with E-state index in [1.807, 2.05) is 0 Å². The molecule has 0 heterocycles. The standard InChI is InChI=1S/C16H13.2ClH.Zr/c1-2-6-13(7-3-1)12-15-11-10-14-8-4-5-9-16(14)15;;;/h1-11H,12H2;2*1H;/q;;;+2/p-2. The molecule has 2 aromatic carbocycles. The van der Waals surface area contributed by atoms with E-state index in [2.05, 4.69) is 60.7 Å². The number of rotatable bonds is 2. The van der Waals surface area contributed by atoms with Crippen LogP contribution < -0.4 is 24.8 Å². The van der Waals surface area contributed by atoms with Crippen LogP contribution in [-0.4, -0.2) is 0 Å². The zero-order valence-electron chi connectivity index (χ0n) is 10.3. The molecule has 0 spiro atoms. The number of hydrogen-bond acceptors (Lipinski definition) is 0. The Kier molecular flexibility index (Phi) is 6.53. The Labute approximate surface area is 142 Å². The minimum atomic E-state index is 0. The van der Waals surface area contributed by atoms with Crippen LogP contribution in [0.3, 0.4) is 0 Å². The molecule has 0 bridgehead atoms. The molecule has 0 aliphatic heterocycles. The van der Waals surface area contributed by atoms with Crippen LogP contribution in [0.5, 0.6) is 0 Å². The third-order valence-electron chi connectivity index (χ3n) is 3.25. The van der Waals surface area contributed by atoms with Gasteiger partial charge in [0.05, 0.1) is 0 Å². The van der Waals surface area contributed by atoms with E-state index in [1.54, 1.807) is 24.7 Å². The molecule has 0 amide bonds. The van der Waals surface area contributed by atoms with Crippen LogP contribution in [0.15, 0.2) is 60.7 Å². The summed E-state index contributed by atoms with van der Waals surface area (Å²) in [5.41, 5.74) is 5.86. The third-order valence-corrected chi connectivity index (χ3v) is 4.42. The SMILES string of the molecule is [Cl-].[Cl-].[Zr+2][CH]1C=C(Cc2ccccc2)c2ccccc21. The van der Waals surface area contributed by atoms with Gasteiger partial charge in [-0.1, -0.05) is 0 Å². The van der Waals surface area contributed by atoms with Gasteiger partial charge in [-0.25, -0.2) is 0 Å². The van der Waals surface area contributed by atoms with Gasteiger partial charge in [-0.05, 0) is 0 Å². The van der Waals surface area contributed by atoms with Gasteiger partial charge in [0.25, 0.3) is 0 Å². The summed E-state index contributed by atoms with van der Waals surface area (Å²) in [6.07, 6.45) is 3.50. The molecule has 0 N–H and O–H groups in total. The topological polar surface area (TPSA) is 0 Å². The quantitative estimate of drug-likeness (QED) is 0.572. The van der Waals surface area contributed by atoms with Crippen molar-refractivity contribution in [3.8, 4) is 0 Å². The van der Waals surface area contributed by atoms with E-state index in [0.29, 0.717) is 3.63 Å². The van der Waals surface area contributed by atoms with Gasteiger partial charge >= 0.3 is 118 Å². The maximum atomic E-state index is 2.44. The molecule has 1 atom stereocenters. The molecule has 0 aromatic heterocycles. The number of halogens is 2. The van der Waals surface area contributed by atoms with Crippen molar-refractivity contribution in [3.05, 3.63) is 77.4 Å². The van der Waals surface area contributed by atoms with Gasteiger partial charge in [0.2, 0.25) is 0 Å². The summed E-state index contributed by atoms with van der Waals surface area (Å²) < 4.78 is 0.650. The predicted octanol–water partition coefficient (Wildman–Crippen LogP) is -2.08. The second kappa shape index (κ2) is 7.43. The first-order valence-corrected chi connectivity index (χ1v) is 7.31. The Morgan fingerprint density at radius 1 is 0.842 bits per heavy atom. The minimum absolute atomic E-state index is 0. The fourth-order valence-corrected chi connectivity index (χ4v) is 3.52. The molecule has 95 valence electrons. The fraction of sp³-hybridized carbons (Fsp3) is 0.125. The Morgan fingerprint density at radius 2 is 1.47 bits per heavy atom. The molecule has 2 aromatic rings. The molecule has 19 heavy (non-hydrogen) atoms. The van der Waals surface area contributed by atoms with Crippen molar-refractivity contribution in [2.45, 2.75) is 10.0 Å². The van der Waals surface area contributed by atoms with Gasteiger partial charge < -0.3 is 24.8 Å². The van der Waals surface area contributed by atoms with E-state index < -0.39 is 0 Å². The summed E-state index contributed by atoms with van der Waals surface area (Å²) in [5.74, 6) is 0. The van der Waals surface area contributed by atoms with Crippen LogP contribution in [0.2, 0.25) is 0 Å². The normalized spacial score (nSPS) is 15.9. The summed E-state index contributed by atoms with van der Waals surface area (Å²) >= 11 is 1.58. The Bertz CT molecular complexity index is 564. The summed E-state index contributed by atoms with van der Waals surface area (Å²) in [6, 6.07) is 19.5. The molecule has 3 heteroatoms. The van der Waals surface area contributed by atoms with Gasteiger partial charge in [0.15, 0.2) is 0 Å². The van der Waals surface area contributed by atoms with E-state index in [-0.39, 0.29) is 24.8 Å². The van der Waals surface area contributed by atoms with Crippen LogP contribution in [0, 0.1) is 0 Å². The molecule has 0 radical (unpaired) electrons. The molecule has 1 aliphatic rings. The van der Waals surface area contributed by atoms with Gasteiger partial charge in [-0.15, -0.1) is 0 Å². The van der Waals surface area contributed by atoms with Gasteiger partial charge in [0.1, 0.15) is 0 Å². The van der Waals surface area contributed by atoms with Crippen molar-refractivity contribution in [1.29, 1.82) is 0 Å². The Hall–Kier alpha value is -0.357. The second-order valence-electron chi connectivity index (χ2n) is 4.42. The van der Waals surface area contributed by atoms with Crippen molar-refractivity contribution in [1.82, 2.24) is 0 Å². The van der Waals surface area contributed by atoms with E-state index in [4.69, 9.17) is 0 Å². The molecule has 0 nitrogen and oxygen atoms in total. The van der Waals surface area contributed by atoms with Gasteiger partial charge in [-0.2, -0.15) is 0 Å². The van der Waals surface area contributed by atoms with Crippen LogP contribution in [0.25, 0.3) is 5.57 Å². The van der Waals surface area contributed by atoms with Gasteiger partial charge in [0, 0.05) is 0 Å². The molecular formula is C16H13Cl2Zr. The second-order valence-corrected chi connectivity index (χ2v) is 5.95. The van der Waals surface area contributed by atoms with E-state index >= 15 is 0 Å². The fourth-order valence-electron chi connectivity index (χ4n) is 2.41. The van der Waals surface area contributed by atoms with Crippen LogP contribution in [-0.2, 0) is 31.1 Å². The summed E-state index contributed by atoms with van der Waals surface area (Å²) in [6.45, 7) is 0. The van der Waals surface area contributed by atoms with Crippen molar-refractivity contribution in [2.24, 2.45) is 0 Å². The summed E-state index contributed by atoms with van der Waals surface area (Å²) in [7, 11) is 0. The Balaban J connectivity index is 0.000000902. The van der Waals surface area contributed by atoms with Crippen LogP contribution in [0.1, 0.15) is 20.3 Å². The van der Waals surface area contributed by atoms with Crippen molar-refractivity contribution < 1.29 is 49.5 Å². The average Bonchev–Trinajstić information content (AvgIpc) is 2.69. The molecule has 1 aliphatic carbocycles. The maximum absolute atomic E-state index is 2.44. The number of allylic oxidation sites excluding steroid dienone is 2. The molecular weight excluding hydrogens is 354 g/mol. The van der Waals surface area contributed by atoms with Crippen molar-refractivity contribution in [3.63, 3.8) is 0 Å². The third kappa shape index (κ3) is 3.60. The summed E-state index contributed by atoms with van der Waals surface area (Å²) in [5, 5.41) is 0. The zero-order chi connectivity index (χ0) is 11.7. The molecule has 0 saturated heterocycles. The first-order chi connectivity index (χ1) is 8.34. The van der Waals surface area contributed by atoms with E-state index in [9.17, 15) is 0 Å². The van der Waals surface area contributed by atoms with Crippen molar-refractivity contribution >= 4 is 5.57 Å². The van der Waals surface area contributed by atoms with Crippen molar-refractivity contribution in [2.75, 3.05) is 0 Å². The Morgan fingerprint density at radius 3 is 2.21 bits per heavy atom. The number of benzene rings is 2. The molecule has 0 saturated carbocycles. The average molecular weight is 367 g/mol. The zero-order valence-corrected chi connectivity index (χ0v) is 14.3. The monoisotopic (exact) mass is 365 g/mol. The molecule has 0 fully saturated rings. The predicted molar refractivity (Wildman–Crippen MR) is 67.3 cm³/mol. The van der Waals surface area contributed by atoms with E-state index in [0.717, 1.165) is 6.42 Å². The first kappa shape index (κ1) is 16.7. The number of fused-ring (bicyclic) bond motifs is 1. The molecule has 3 rings (SSSR count). The van der Waals surface area contributed by atoms with Crippen LogP contribution in [0.4, 0.5) is 0 Å². The van der Waals surface area contributed by atoms with Crippen LogP contribution >= 0.6 is 0 Å².